The molecule has 6 aromatic rings. The van der Waals surface area contributed by atoms with E-state index in [2.05, 4.69) is 51.0 Å². The van der Waals surface area contributed by atoms with E-state index in [0.717, 1.165) is 56.5 Å². The lowest BCUT2D eigenvalue weighted by atomic mass is 10.1. The van der Waals surface area contributed by atoms with Crippen molar-refractivity contribution in [1.82, 2.24) is 25.3 Å². The van der Waals surface area contributed by atoms with Gasteiger partial charge in [-0.2, -0.15) is 9.97 Å². The lowest BCUT2D eigenvalue weighted by Crippen LogP contribution is -2.36. The highest BCUT2D eigenvalue weighted by molar-refractivity contribution is 6.34. The molecule has 8 rings (SSSR count). The average Bonchev–Trinajstić information content (AvgIpc) is 3.35. The summed E-state index contributed by atoms with van der Waals surface area (Å²) in [5.41, 5.74) is 10.9. The van der Waals surface area contributed by atoms with Crippen molar-refractivity contribution in [2.75, 3.05) is 105 Å². The van der Waals surface area contributed by atoms with E-state index < -0.39 is 5.97 Å². The van der Waals surface area contributed by atoms with E-state index in [9.17, 15) is 14.7 Å². The summed E-state index contributed by atoms with van der Waals surface area (Å²) >= 11 is 17.9. The minimum Gasteiger partial charge on any atom is -0.495 e. The number of morpholine rings is 2. The van der Waals surface area contributed by atoms with Crippen LogP contribution in [0.15, 0.2) is 97.3 Å². The molecular weight excluding hydrogens is 913 g/mol. The molecule has 1 amide bonds. The van der Waals surface area contributed by atoms with Crippen LogP contribution in [-0.4, -0.2) is 111 Å². The molecule has 18 nitrogen and oxygen atoms in total. The molecule has 0 spiro atoms. The van der Waals surface area contributed by atoms with Crippen LogP contribution in [0.4, 0.5) is 51.7 Å². The van der Waals surface area contributed by atoms with Gasteiger partial charge in [0.2, 0.25) is 11.2 Å². The van der Waals surface area contributed by atoms with Gasteiger partial charge in [0.15, 0.2) is 11.6 Å². The van der Waals surface area contributed by atoms with Crippen LogP contribution in [0.1, 0.15) is 20.7 Å². The third kappa shape index (κ3) is 13.1. The summed E-state index contributed by atoms with van der Waals surface area (Å²) in [6, 6.07) is 25.2. The minimum absolute atomic E-state index is 0.0734. The molecule has 66 heavy (non-hydrogen) atoms. The summed E-state index contributed by atoms with van der Waals surface area (Å²) in [5, 5.41) is 21.7. The van der Waals surface area contributed by atoms with Crippen LogP contribution in [0.3, 0.4) is 0 Å². The van der Waals surface area contributed by atoms with Gasteiger partial charge in [0.05, 0.1) is 86.9 Å². The molecule has 2 saturated heterocycles. The number of aromatic nitrogens is 4. The van der Waals surface area contributed by atoms with Crippen molar-refractivity contribution in [3.8, 4) is 11.5 Å². The predicted molar refractivity (Wildman–Crippen MR) is 259 cm³/mol. The topological polar surface area (TPSA) is 223 Å². The fourth-order valence-electron chi connectivity index (χ4n) is 6.55. The van der Waals surface area contributed by atoms with Crippen molar-refractivity contribution in [3.63, 3.8) is 0 Å². The number of hydrogen-bond donors (Lipinski definition) is 6. The maximum absolute atomic E-state index is 11.7. The number of halogens is 3. The number of aromatic carboxylic acids is 1. The van der Waals surface area contributed by atoms with Crippen molar-refractivity contribution < 1.29 is 33.6 Å². The molecule has 7 N–H and O–H groups in total. The maximum atomic E-state index is 11.7. The van der Waals surface area contributed by atoms with Crippen LogP contribution < -0.4 is 46.3 Å². The summed E-state index contributed by atoms with van der Waals surface area (Å²) < 4.78 is 21.5. The number of rotatable bonds is 12. The first-order valence-corrected chi connectivity index (χ1v) is 21.5. The standard InChI is InChI=1S/C22H22ClN5O4.C12H10Cl2N4O.C11H16N2O2/c1-31-19-12-14(28-8-10-32-11-9-28)6-7-18(19)26-22-24-13-16(23)20(27-22)25-17-5-3-2-4-15(17)21(29)30;1-15-11(19)7-4-2-3-5-9(7)17-10-8(13)6-16-12(14)18-10;1-14-11-8-9(2-3-10(11)12)13-4-6-15-7-5-13/h2-7,12-13H,8-11H2,1H3,(H,29,30)(H2,24,25,26,27);2-6H,1H3,(H,15,19)(H,16,17,18);2-3,8H,4-7,12H2,1H3. The highest BCUT2D eigenvalue weighted by atomic mass is 35.5. The maximum Gasteiger partial charge on any atom is 0.337 e. The van der Waals surface area contributed by atoms with Gasteiger partial charge in [-0.05, 0) is 60.1 Å². The third-order valence-corrected chi connectivity index (χ3v) is 10.7. The van der Waals surface area contributed by atoms with E-state index in [1.807, 2.05) is 36.4 Å². The van der Waals surface area contributed by atoms with Gasteiger partial charge in [0, 0.05) is 56.7 Å². The molecule has 0 aliphatic carbocycles. The monoisotopic (exact) mass is 959 g/mol. The second kappa shape index (κ2) is 23.9. The number of carbonyl (C=O) groups is 2. The molecule has 2 aliphatic rings. The summed E-state index contributed by atoms with van der Waals surface area (Å²) in [7, 11) is 4.80. The van der Waals surface area contributed by atoms with Crippen molar-refractivity contribution in [3.05, 3.63) is 124 Å². The van der Waals surface area contributed by atoms with Crippen LogP contribution in [0.2, 0.25) is 15.3 Å². The number of hydrogen-bond acceptors (Lipinski definition) is 16. The molecule has 346 valence electrons. The molecule has 0 radical (unpaired) electrons. The molecule has 4 heterocycles. The Labute approximate surface area is 396 Å². The van der Waals surface area contributed by atoms with Crippen LogP contribution >= 0.6 is 34.8 Å². The van der Waals surface area contributed by atoms with Gasteiger partial charge < -0.3 is 60.9 Å². The van der Waals surface area contributed by atoms with Gasteiger partial charge >= 0.3 is 5.97 Å². The van der Waals surface area contributed by atoms with Gasteiger partial charge in [-0.3, -0.25) is 4.79 Å². The Morgan fingerprint density at radius 3 is 1.76 bits per heavy atom. The molecule has 2 aliphatic heterocycles. The number of benzene rings is 4. The van der Waals surface area contributed by atoms with Crippen molar-refractivity contribution >= 4 is 98.4 Å². The number of nitrogen functional groups attached to an aromatic ring is 1. The van der Waals surface area contributed by atoms with Gasteiger partial charge in [-0.1, -0.05) is 47.5 Å². The molecular formula is C45H48Cl3N11O7. The summed E-state index contributed by atoms with van der Waals surface area (Å²) in [5.74, 6) is 1.01. The zero-order valence-corrected chi connectivity index (χ0v) is 38.5. The fraction of sp³-hybridized carbons (Fsp3) is 0.244. The predicted octanol–water partition coefficient (Wildman–Crippen LogP) is 8.16. The van der Waals surface area contributed by atoms with Gasteiger partial charge in [0.1, 0.15) is 21.5 Å². The van der Waals surface area contributed by atoms with E-state index in [4.69, 9.17) is 59.5 Å². The number of anilines is 9. The van der Waals surface area contributed by atoms with Gasteiger partial charge in [-0.15, -0.1) is 0 Å². The zero-order valence-electron chi connectivity index (χ0n) is 36.2. The first-order valence-electron chi connectivity index (χ1n) is 20.4. The third-order valence-electron chi connectivity index (χ3n) is 9.92. The second-order valence-electron chi connectivity index (χ2n) is 14.1. The molecule has 2 aromatic heterocycles. The molecule has 21 heteroatoms. The molecule has 2 fully saturated rings. The highest BCUT2D eigenvalue weighted by Gasteiger charge is 2.17. The number of carboxylic acids is 1. The number of nitrogens with two attached hydrogens (primary N) is 1. The number of nitrogens with one attached hydrogen (secondary N) is 4. The average molecular weight is 961 g/mol. The quantitative estimate of drug-likeness (QED) is 0.0503. The smallest absolute Gasteiger partial charge is 0.337 e. The highest BCUT2D eigenvalue weighted by Crippen LogP contribution is 2.34. The zero-order chi connectivity index (χ0) is 47.0. The second-order valence-corrected chi connectivity index (χ2v) is 15.2. The van der Waals surface area contributed by atoms with Crippen molar-refractivity contribution in [1.29, 1.82) is 0 Å². The van der Waals surface area contributed by atoms with Crippen LogP contribution in [0.5, 0.6) is 11.5 Å². The number of para-hydroxylation sites is 2. The first kappa shape index (κ1) is 48.6. The lowest BCUT2D eigenvalue weighted by molar-refractivity contribution is 0.0697. The van der Waals surface area contributed by atoms with Crippen LogP contribution in [0.25, 0.3) is 0 Å². The minimum atomic E-state index is -1.05. The van der Waals surface area contributed by atoms with E-state index in [0.29, 0.717) is 58.1 Å². The molecule has 0 saturated carbocycles. The lowest BCUT2D eigenvalue weighted by Gasteiger charge is -2.29. The van der Waals surface area contributed by atoms with Crippen LogP contribution in [-0.2, 0) is 9.47 Å². The Hall–Kier alpha value is -6.83. The molecule has 0 atom stereocenters. The van der Waals surface area contributed by atoms with Crippen LogP contribution in [0, 0.1) is 0 Å². The molecule has 4 aromatic carbocycles. The van der Waals surface area contributed by atoms with Gasteiger partial charge in [-0.25, -0.2) is 14.8 Å². The normalized spacial score (nSPS) is 13.2. The number of amides is 1. The summed E-state index contributed by atoms with van der Waals surface area (Å²) in [6.45, 7) is 6.45. The fourth-order valence-corrected chi connectivity index (χ4v) is 6.96. The number of ether oxygens (including phenoxy) is 4. The SMILES string of the molecule is CNC(=O)c1ccccc1Nc1nc(Cl)ncc1Cl.COc1cc(N2CCOCC2)ccc1N.COc1cc(N2CCOCC2)ccc1Nc1ncc(Cl)c(Nc2ccccc2C(=O)O)n1. The summed E-state index contributed by atoms with van der Waals surface area (Å²) in [4.78, 5) is 44.1. The number of carbonyl (C=O) groups excluding carboxylic acids is 1. The Kier molecular flexibility index (Phi) is 17.6. The van der Waals surface area contributed by atoms with E-state index in [1.54, 1.807) is 63.7 Å². The van der Waals surface area contributed by atoms with E-state index in [1.165, 1.54) is 18.5 Å². The molecule has 0 unspecified atom stereocenters. The van der Waals surface area contributed by atoms with E-state index in [-0.39, 0.29) is 33.5 Å². The van der Waals surface area contributed by atoms with Crippen molar-refractivity contribution in [2.24, 2.45) is 0 Å². The Balaban J connectivity index is 0.000000179. The first-order chi connectivity index (χ1) is 32.0. The number of methoxy groups -OCH3 is 2. The Morgan fingerprint density at radius 1 is 0.667 bits per heavy atom. The largest absolute Gasteiger partial charge is 0.495 e. The number of carboxylic acid groups (broad SMARTS) is 1. The Bertz CT molecular complexity index is 2600. The van der Waals surface area contributed by atoms with Crippen molar-refractivity contribution in [2.45, 2.75) is 0 Å². The molecule has 0 bridgehead atoms. The summed E-state index contributed by atoms with van der Waals surface area (Å²) in [6.07, 6.45) is 2.83. The number of nitrogens with zero attached hydrogens (tertiary/aromatic N) is 6. The Morgan fingerprint density at radius 2 is 1.18 bits per heavy atom. The van der Waals surface area contributed by atoms with Gasteiger partial charge in [0.25, 0.3) is 5.91 Å². The van der Waals surface area contributed by atoms with E-state index >= 15 is 0 Å².